The Labute approximate surface area is 127 Å². The molecule has 110 valence electrons. The first-order valence-corrected chi connectivity index (χ1v) is 6.65. The maximum Gasteiger partial charge on any atom is 0.170 e. The highest BCUT2D eigenvalue weighted by molar-refractivity contribution is 6.30. The molecule has 0 radical (unpaired) electrons. The Morgan fingerprint density at radius 1 is 1.33 bits per heavy atom. The van der Waals surface area contributed by atoms with Crippen LogP contribution in [0.1, 0.15) is 16.7 Å². The van der Waals surface area contributed by atoms with Crippen molar-refractivity contribution >= 4 is 23.1 Å². The predicted molar refractivity (Wildman–Crippen MR) is 82.4 cm³/mol. The zero-order valence-electron chi connectivity index (χ0n) is 11.4. The quantitative estimate of drug-likeness (QED) is 0.350. The molecule has 0 aliphatic carbocycles. The van der Waals surface area contributed by atoms with E-state index in [-0.39, 0.29) is 5.84 Å². The molecule has 0 saturated carbocycles. The number of nitrogens with two attached hydrogens (primary N) is 1. The van der Waals surface area contributed by atoms with Crippen molar-refractivity contribution in [2.75, 3.05) is 5.32 Å². The highest BCUT2D eigenvalue weighted by Crippen LogP contribution is 2.21. The molecule has 0 bridgehead atoms. The SMILES string of the molecule is Cc1ccc(Cl)cc1NCc1cc(F)cc(/C(N)=N/O)c1. The molecule has 4 N–H and O–H groups in total. The van der Waals surface area contributed by atoms with Crippen LogP contribution in [0.3, 0.4) is 0 Å². The van der Waals surface area contributed by atoms with Gasteiger partial charge in [0.1, 0.15) is 5.82 Å². The summed E-state index contributed by atoms with van der Waals surface area (Å²) in [6, 6.07) is 9.77. The van der Waals surface area contributed by atoms with E-state index in [4.69, 9.17) is 22.5 Å². The van der Waals surface area contributed by atoms with Crippen molar-refractivity contribution < 1.29 is 9.60 Å². The van der Waals surface area contributed by atoms with Gasteiger partial charge in [0.15, 0.2) is 5.84 Å². The summed E-state index contributed by atoms with van der Waals surface area (Å²) in [6.07, 6.45) is 0. The number of oxime groups is 1. The minimum atomic E-state index is -0.446. The van der Waals surface area contributed by atoms with Crippen molar-refractivity contribution in [3.63, 3.8) is 0 Å². The van der Waals surface area contributed by atoms with Crippen LogP contribution >= 0.6 is 11.6 Å². The lowest BCUT2D eigenvalue weighted by Gasteiger charge is -2.11. The van der Waals surface area contributed by atoms with Gasteiger partial charge in [0.2, 0.25) is 0 Å². The third kappa shape index (κ3) is 3.86. The molecular weight excluding hydrogens is 293 g/mol. The first-order chi connectivity index (χ1) is 9.99. The Bertz CT molecular complexity index is 689. The number of nitrogens with one attached hydrogen (secondary N) is 1. The van der Waals surface area contributed by atoms with Crippen molar-refractivity contribution in [3.05, 3.63) is 63.9 Å². The molecule has 0 aliphatic heterocycles. The predicted octanol–water partition coefficient (Wildman–Crippen LogP) is 3.49. The number of anilines is 1. The smallest absolute Gasteiger partial charge is 0.170 e. The number of nitrogens with zero attached hydrogens (tertiary/aromatic N) is 1. The summed E-state index contributed by atoms with van der Waals surface area (Å²) in [7, 11) is 0. The summed E-state index contributed by atoms with van der Waals surface area (Å²) >= 11 is 5.95. The van der Waals surface area contributed by atoms with Crippen LogP contribution in [-0.4, -0.2) is 11.0 Å². The average molecular weight is 308 g/mol. The van der Waals surface area contributed by atoms with Gasteiger partial charge in [-0.2, -0.15) is 0 Å². The van der Waals surface area contributed by atoms with E-state index < -0.39 is 5.82 Å². The van der Waals surface area contributed by atoms with Crippen LogP contribution in [0.5, 0.6) is 0 Å². The van der Waals surface area contributed by atoms with Crippen molar-refractivity contribution in [2.24, 2.45) is 10.9 Å². The summed E-state index contributed by atoms with van der Waals surface area (Å²) in [5, 5.41) is 15.3. The molecule has 0 atom stereocenters. The van der Waals surface area contributed by atoms with E-state index in [1.807, 2.05) is 13.0 Å². The van der Waals surface area contributed by atoms with E-state index in [1.54, 1.807) is 18.2 Å². The molecule has 0 fully saturated rings. The highest BCUT2D eigenvalue weighted by atomic mass is 35.5. The number of hydrogen-bond donors (Lipinski definition) is 3. The largest absolute Gasteiger partial charge is 0.409 e. The lowest BCUT2D eigenvalue weighted by Crippen LogP contribution is -2.14. The molecule has 0 amide bonds. The number of rotatable bonds is 4. The third-order valence-electron chi connectivity index (χ3n) is 3.04. The molecule has 2 aromatic carbocycles. The molecule has 2 rings (SSSR count). The Balaban J connectivity index is 2.20. The average Bonchev–Trinajstić information content (AvgIpc) is 2.46. The van der Waals surface area contributed by atoms with Crippen molar-refractivity contribution in [3.8, 4) is 0 Å². The van der Waals surface area contributed by atoms with Crippen LogP contribution in [0.25, 0.3) is 0 Å². The van der Waals surface area contributed by atoms with Crippen molar-refractivity contribution in [1.29, 1.82) is 0 Å². The Morgan fingerprint density at radius 3 is 2.81 bits per heavy atom. The monoisotopic (exact) mass is 307 g/mol. The third-order valence-corrected chi connectivity index (χ3v) is 3.28. The minimum Gasteiger partial charge on any atom is -0.409 e. The second-order valence-corrected chi connectivity index (χ2v) is 5.08. The molecule has 0 saturated heterocycles. The standard InChI is InChI=1S/C15H15ClFN3O/c1-9-2-3-12(16)7-14(9)19-8-10-4-11(15(18)20-21)6-13(17)5-10/h2-7,19,21H,8H2,1H3,(H2,18,20). The lowest BCUT2D eigenvalue weighted by atomic mass is 10.1. The molecule has 6 heteroatoms. The van der Waals surface area contributed by atoms with Gasteiger partial charge in [-0.25, -0.2) is 4.39 Å². The number of hydrogen-bond acceptors (Lipinski definition) is 3. The van der Waals surface area contributed by atoms with Crippen LogP contribution in [0.15, 0.2) is 41.6 Å². The molecule has 0 aromatic heterocycles. The van der Waals surface area contributed by atoms with E-state index in [2.05, 4.69) is 10.5 Å². The normalized spacial score (nSPS) is 11.5. The van der Waals surface area contributed by atoms with Gasteiger partial charge in [-0.1, -0.05) is 22.8 Å². The Kier molecular flexibility index (Phi) is 4.65. The van der Waals surface area contributed by atoms with Crippen molar-refractivity contribution in [1.82, 2.24) is 0 Å². The van der Waals surface area contributed by atoms with Gasteiger partial charge in [-0.3, -0.25) is 0 Å². The van der Waals surface area contributed by atoms with Crippen LogP contribution in [0.2, 0.25) is 5.02 Å². The van der Waals surface area contributed by atoms with Gasteiger partial charge in [-0.15, -0.1) is 0 Å². The Hall–Kier alpha value is -2.27. The lowest BCUT2D eigenvalue weighted by molar-refractivity contribution is 0.318. The zero-order valence-corrected chi connectivity index (χ0v) is 12.2. The second-order valence-electron chi connectivity index (χ2n) is 4.65. The second kappa shape index (κ2) is 6.45. The van der Waals surface area contributed by atoms with Gasteiger partial charge in [-0.05, 0) is 48.4 Å². The van der Waals surface area contributed by atoms with Gasteiger partial charge < -0.3 is 16.3 Å². The topological polar surface area (TPSA) is 70.6 Å². The van der Waals surface area contributed by atoms with Crippen LogP contribution in [0.4, 0.5) is 10.1 Å². The number of benzene rings is 2. The molecule has 2 aromatic rings. The summed E-state index contributed by atoms with van der Waals surface area (Å²) in [5.41, 5.74) is 8.39. The van der Waals surface area contributed by atoms with Crippen molar-refractivity contribution in [2.45, 2.75) is 13.5 Å². The highest BCUT2D eigenvalue weighted by Gasteiger charge is 2.06. The zero-order chi connectivity index (χ0) is 15.4. The molecule has 0 unspecified atom stereocenters. The maximum absolute atomic E-state index is 13.6. The number of aryl methyl sites for hydroxylation is 1. The summed E-state index contributed by atoms with van der Waals surface area (Å²) < 4.78 is 13.6. The van der Waals surface area contributed by atoms with Crippen LogP contribution in [-0.2, 0) is 6.54 Å². The number of amidine groups is 1. The minimum absolute atomic E-state index is 0.130. The fourth-order valence-electron chi connectivity index (χ4n) is 1.94. The molecule has 21 heavy (non-hydrogen) atoms. The fraction of sp³-hybridized carbons (Fsp3) is 0.133. The molecule has 0 heterocycles. The summed E-state index contributed by atoms with van der Waals surface area (Å²) in [5.74, 6) is -0.576. The number of halogens is 2. The summed E-state index contributed by atoms with van der Waals surface area (Å²) in [6.45, 7) is 2.34. The Morgan fingerprint density at radius 2 is 2.10 bits per heavy atom. The van der Waals surface area contributed by atoms with Gasteiger partial charge in [0.05, 0.1) is 0 Å². The van der Waals surface area contributed by atoms with E-state index >= 15 is 0 Å². The van der Waals surface area contributed by atoms with E-state index in [0.717, 1.165) is 11.3 Å². The molecule has 4 nitrogen and oxygen atoms in total. The summed E-state index contributed by atoms with van der Waals surface area (Å²) in [4.78, 5) is 0. The van der Waals surface area contributed by atoms with Crippen LogP contribution in [0, 0.1) is 12.7 Å². The van der Waals surface area contributed by atoms with E-state index in [1.165, 1.54) is 12.1 Å². The fourth-order valence-corrected chi connectivity index (χ4v) is 2.11. The van der Waals surface area contributed by atoms with Gasteiger partial charge in [0, 0.05) is 22.8 Å². The van der Waals surface area contributed by atoms with Gasteiger partial charge in [0.25, 0.3) is 0 Å². The molecule has 0 aliphatic rings. The van der Waals surface area contributed by atoms with Crippen LogP contribution < -0.4 is 11.1 Å². The van der Waals surface area contributed by atoms with Gasteiger partial charge >= 0.3 is 0 Å². The molecule has 0 spiro atoms. The van der Waals surface area contributed by atoms with E-state index in [0.29, 0.717) is 22.7 Å². The maximum atomic E-state index is 13.6. The first kappa shape index (κ1) is 15.1. The van der Waals surface area contributed by atoms with E-state index in [9.17, 15) is 4.39 Å². The first-order valence-electron chi connectivity index (χ1n) is 6.27. The molecular formula is C15H15ClFN3O.